The molecular weight excluding hydrogens is 268 g/mol. The van der Waals surface area contributed by atoms with Crippen LogP contribution in [0.25, 0.3) is 0 Å². The van der Waals surface area contributed by atoms with Crippen molar-refractivity contribution in [3.05, 3.63) is 0 Å². The van der Waals surface area contributed by atoms with Gasteiger partial charge in [-0.3, -0.25) is 4.79 Å². The van der Waals surface area contributed by atoms with Gasteiger partial charge in [0, 0.05) is 13.1 Å². The molecule has 1 saturated heterocycles. The van der Waals surface area contributed by atoms with E-state index < -0.39 is 22.0 Å². The number of sulfonamides is 1. The molecule has 1 saturated carbocycles. The summed E-state index contributed by atoms with van der Waals surface area (Å²) in [6, 6.07) is 0. The van der Waals surface area contributed by atoms with Crippen LogP contribution < -0.4 is 5.73 Å². The average Bonchev–Trinajstić information content (AvgIpc) is 2.39. The first-order valence-electron chi connectivity index (χ1n) is 6.88. The summed E-state index contributed by atoms with van der Waals surface area (Å²) < 4.78 is 31.2. The summed E-state index contributed by atoms with van der Waals surface area (Å²) in [5, 5.41) is 0. The van der Waals surface area contributed by atoms with Gasteiger partial charge < -0.3 is 10.5 Å². The SMILES string of the molecule is NC(=O)C1CN(S(=O)(=O)CC2CCCCC2)CCO1. The molecule has 2 rings (SSSR count). The van der Waals surface area contributed by atoms with Crippen molar-refractivity contribution < 1.29 is 17.9 Å². The smallest absolute Gasteiger partial charge is 0.247 e. The lowest BCUT2D eigenvalue weighted by atomic mass is 9.91. The molecule has 0 aromatic carbocycles. The van der Waals surface area contributed by atoms with Gasteiger partial charge in [0.15, 0.2) is 0 Å². The van der Waals surface area contributed by atoms with Crippen molar-refractivity contribution in [1.29, 1.82) is 0 Å². The number of amides is 1. The van der Waals surface area contributed by atoms with Crippen molar-refractivity contribution in [3.8, 4) is 0 Å². The largest absolute Gasteiger partial charge is 0.367 e. The summed E-state index contributed by atoms with van der Waals surface area (Å²) in [6.07, 6.45) is 4.61. The van der Waals surface area contributed by atoms with Crippen LogP contribution in [-0.4, -0.2) is 50.2 Å². The molecule has 1 heterocycles. The highest BCUT2D eigenvalue weighted by molar-refractivity contribution is 7.89. The highest BCUT2D eigenvalue weighted by Crippen LogP contribution is 2.26. The maximum absolute atomic E-state index is 12.3. The van der Waals surface area contributed by atoms with E-state index in [2.05, 4.69) is 0 Å². The van der Waals surface area contributed by atoms with E-state index in [1.807, 2.05) is 0 Å². The van der Waals surface area contributed by atoms with Crippen LogP contribution in [0.3, 0.4) is 0 Å². The molecule has 0 spiro atoms. The second-order valence-electron chi connectivity index (χ2n) is 5.40. The van der Waals surface area contributed by atoms with Crippen LogP contribution in [0.1, 0.15) is 32.1 Å². The number of hydrogen-bond donors (Lipinski definition) is 1. The Morgan fingerprint density at radius 2 is 1.95 bits per heavy atom. The van der Waals surface area contributed by atoms with E-state index in [-0.39, 0.29) is 24.8 Å². The number of hydrogen-bond acceptors (Lipinski definition) is 4. The van der Waals surface area contributed by atoms with E-state index in [0.717, 1.165) is 25.7 Å². The molecule has 19 heavy (non-hydrogen) atoms. The van der Waals surface area contributed by atoms with E-state index in [0.29, 0.717) is 6.54 Å². The topological polar surface area (TPSA) is 89.7 Å². The van der Waals surface area contributed by atoms with E-state index in [1.165, 1.54) is 10.7 Å². The molecule has 0 radical (unpaired) electrons. The molecule has 1 unspecified atom stereocenters. The van der Waals surface area contributed by atoms with E-state index in [9.17, 15) is 13.2 Å². The van der Waals surface area contributed by atoms with Crippen molar-refractivity contribution in [2.45, 2.75) is 38.2 Å². The zero-order chi connectivity index (χ0) is 13.9. The summed E-state index contributed by atoms with van der Waals surface area (Å²) in [5.74, 6) is -0.149. The van der Waals surface area contributed by atoms with Gasteiger partial charge in [-0.2, -0.15) is 4.31 Å². The van der Waals surface area contributed by atoms with Crippen LogP contribution in [0.4, 0.5) is 0 Å². The number of nitrogens with two attached hydrogens (primary N) is 1. The normalized spacial score (nSPS) is 27.3. The lowest BCUT2D eigenvalue weighted by molar-refractivity contribution is -0.132. The molecular formula is C12H22N2O4S. The Kier molecular flexibility index (Phi) is 4.81. The number of morpholine rings is 1. The minimum atomic E-state index is -3.30. The fourth-order valence-electron chi connectivity index (χ4n) is 2.81. The molecule has 1 aliphatic heterocycles. The lowest BCUT2D eigenvalue weighted by Gasteiger charge is -2.32. The first-order valence-corrected chi connectivity index (χ1v) is 8.49. The van der Waals surface area contributed by atoms with Gasteiger partial charge in [-0.05, 0) is 18.8 Å². The van der Waals surface area contributed by atoms with Crippen LogP contribution in [0.5, 0.6) is 0 Å². The summed E-state index contributed by atoms with van der Waals surface area (Å²) in [4.78, 5) is 11.1. The first-order chi connectivity index (χ1) is 8.99. The Labute approximate surface area is 114 Å². The second-order valence-corrected chi connectivity index (χ2v) is 7.42. The quantitative estimate of drug-likeness (QED) is 0.794. The van der Waals surface area contributed by atoms with Crippen LogP contribution in [-0.2, 0) is 19.6 Å². The van der Waals surface area contributed by atoms with Gasteiger partial charge in [0.05, 0.1) is 12.4 Å². The highest BCUT2D eigenvalue weighted by Gasteiger charge is 2.33. The average molecular weight is 290 g/mol. The molecule has 0 aromatic heterocycles. The molecule has 2 aliphatic rings. The fraction of sp³-hybridized carbons (Fsp3) is 0.917. The number of carbonyl (C=O) groups excluding carboxylic acids is 1. The van der Waals surface area contributed by atoms with Gasteiger partial charge in [0.1, 0.15) is 6.10 Å². The van der Waals surface area contributed by atoms with Gasteiger partial charge in [-0.1, -0.05) is 19.3 Å². The zero-order valence-electron chi connectivity index (χ0n) is 11.1. The first kappa shape index (κ1) is 14.7. The third-order valence-corrected chi connectivity index (χ3v) is 5.92. The molecule has 7 heteroatoms. The molecule has 1 amide bonds. The van der Waals surface area contributed by atoms with E-state index in [4.69, 9.17) is 10.5 Å². The van der Waals surface area contributed by atoms with Crippen LogP contribution in [0.15, 0.2) is 0 Å². The molecule has 1 atom stereocenters. The van der Waals surface area contributed by atoms with Crippen molar-refractivity contribution in [1.82, 2.24) is 4.31 Å². The Morgan fingerprint density at radius 3 is 2.58 bits per heavy atom. The third-order valence-electron chi connectivity index (χ3n) is 3.91. The molecule has 0 aromatic rings. The summed E-state index contributed by atoms with van der Waals surface area (Å²) >= 11 is 0. The number of primary amides is 1. The molecule has 110 valence electrons. The summed E-state index contributed by atoms with van der Waals surface area (Å²) in [7, 11) is -3.30. The number of rotatable bonds is 4. The maximum Gasteiger partial charge on any atom is 0.247 e. The Bertz CT molecular complexity index is 417. The van der Waals surface area contributed by atoms with Gasteiger partial charge >= 0.3 is 0 Å². The Hall–Kier alpha value is -0.660. The van der Waals surface area contributed by atoms with Crippen molar-refractivity contribution in [3.63, 3.8) is 0 Å². The number of nitrogens with zero attached hydrogens (tertiary/aromatic N) is 1. The maximum atomic E-state index is 12.3. The van der Waals surface area contributed by atoms with E-state index in [1.54, 1.807) is 0 Å². The van der Waals surface area contributed by atoms with Crippen LogP contribution >= 0.6 is 0 Å². The van der Waals surface area contributed by atoms with Gasteiger partial charge in [0.25, 0.3) is 0 Å². The second kappa shape index (κ2) is 6.19. The molecule has 0 bridgehead atoms. The summed E-state index contributed by atoms with van der Waals surface area (Å²) in [6.45, 7) is 0.612. The molecule has 2 fully saturated rings. The highest BCUT2D eigenvalue weighted by atomic mass is 32.2. The molecule has 2 N–H and O–H groups in total. The van der Waals surface area contributed by atoms with Crippen LogP contribution in [0, 0.1) is 5.92 Å². The minimum absolute atomic E-state index is 0.0599. The number of ether oxygens (including phenoxy) is 1. The van der Waals surface area contributed by atoms with E-state index >= 15 is 0 Å². The fourth-order valence-corrected chi connectivity index (χ4v) is 4.66. The van der Waals surface area contributed by atoms with Gasteiger partial charge in [-0.25, -0.2) is 8.42 Å². The predicted octanol–water partition coefficient (Wildman–Crippen LogP) is 0.0826. The van der Waals surface area contributed by atoms with Crippen LogP contribution in [0.2, 0.25) is 0 Å². The standard InChI is InChI=1S/C12H22N2O4S/c13-12(15)11-8-14(6-7-18-11)19(16,17)9-10-4-2-1-3-5-10/h10-11H,1-9H2,(H2,13,15). The summed E-state index contributed by atoms with van der Waals surface area (Å²) in [5.41, 5.74) is 5.17. The number of carbonyl (C=O) groups is 1. The van der Waals surface area contributed by atoms with Crippen molar-refractivity contribution in [2.75, 3.05) is 25.4 Å². The monoisotopic (exact) mass is 290 g/mol. The van der Waals surface area contributed by atoms with Gasteiger partial charge in [-0.15, -0.1) is 0 Å². The zero-order valence-corrected chi connectivity index (χ0v) is 11.9. The third kappa shape index (κ3) is 3.90. The Balaban J connectivity index is 1.96. The van der Waals surface area contributed by atoms with Gasteiger partial charge in [0.2, 0.25) is 15.9 Å². The predicted molar refractivity (Wildman–Crippen MR) is 70.9 cm³/mol. The molecule has 1 aliphatic carbocycles. The van der Waals surface area contributed by atoms with Crippen molar-refractivity contribution in [2.24, 2.45) is 11.7 Å². The Morgan fingerprint density at radius 1 is 1.26 bits per heavy atom. The minimum Gasteiger partial charge on any atom is -0.367 e. The lowest BCUT2D eigenvalue weighted by Crippen LogP contribution is -2.51. The molecule has 6 nitrogen and oxygen atoms in total. The van der Waals surface area contributed by atoms with Crippen molar-refractivity contribution >= 4 is 15.9 Å².